The van der Waals surface area contributed by atoms with Gasteiger partial charge in [-0.25, -0.2) is 0 Å². The van der Waals surface area contributed by atoms with Gasteiger partial charge in [-0.2, -0.15) is 0 Å². The molecule has 1 aliphatic heterocycles. The van der Waals surface area contributed by atoms with Crippen LogP contribution < -0.4 is 0 Å². The molecule has 1 heterocycles. The minimum Gasteiger partial charge on any atom is -0.306 e. The zero-order valence-electron chi connectivity index (χ0n) is 8.21. The largest absolute Gasteiger partial charge is 0.306 e. The van der Waals surface area contributed by atoms with Gasteiger partial charge in [-0.3, -0.25) is 0 Å². The van der Waals surface area contributed by atoms with Crippen molar-refractivity contribution in [1.29, 1.82) is 0 Å². The fourth-order valence-corrected chi connectivity index (χ4v) is 3.49. The van der Waals surface area contributed by atoms with E-state index in [1.807, 2.05) is 0 Å². The summed E-state index contributed by atoms with van der Waals surface area (Å²) in [7, 11) is 2.26. The van der Waals surface area contributed by atoms with Crippen LogP contribution >= 0.6 is 32.9 Å². The Labute approximate surface area is 100 Å². The summed E-state index contributed by atoms with van der Waals surface area (Å²) >= 11 is 3.75. The third kappa shape index (κ3) is 2.93. The first-order valence-corrected chi connectivity index (χ1v) is 6.00. The van der Waals surface area contributed by atoms with Crippen molar-refractivity contribution in [3.63, 3.8) is 0 Å². The molecule has 13 heavy (non-hydrogen) atoms. The molecule has 0 amide bonds. The molecule has 3 atom stereocenters. The van der Waals surface area contributed by atoms with E-state index in [-0.39, 0.29) is 17.0 Å². The number of halogens is 2. The number of alkyl halides is 1. The van der Waals surface area contributed by atoms with Gasteiger partial charge in [0, 0.05) is 11.4 Å². The van der Waals surface area contributed by atoms with E-state index in [9.17, 15) is 0 Å². The molecule has 0 radical (unpaired) electrons. The molecule has 2 rings (SSSR count). The van der Waals surface area contributed by atoms with Gasteiger partial charge in [0.15, 0.2) is 0 Å². The number of likely N-dealkylation sites (tertiary alicyclic amines) is 1. The highest BCUT2D eigenvalue weighted by atomic mass is 79.9. The van der Waals surface area contributed by atoms with Crippen LogP contribution in [0.25, 0.3) is 0 Å². The molecular weight excluding hydrogens is 294 g/mol. The van der Waals surface area contributed by atoms with Gasteiger partial charge in [0.2, 0.25) is 0 Å². The minimum atomic E-state index is 0. The zero-order chi connectivity index (χ0) is 8.55. The summed E-state index contributed by atoms with van der Waals surface area (Å²) in [6, 6.07) is 0. The van der Waals surface area contributed by atoms with E-state index in [1.54, 1.807) is 0 Å². The normalized spacial score (nSPS) is 40.6. The van der Waals surface area contributed by atoms with Crippen molar-refractivity contribution in [1.82, 2.24) is 4.90 Å². The SMILES string of the molecule is Br.CN1CC[C@H]2C[C@@H](Br)CCC2C1. The van der Waals surface area contributed by atoms with Gasteiger partial charge in [-0.1, -0.05) is 15.9 Å². The third-order valence-corrected chi connectivity index (χ3v) is 4.34. The lowest BCUT2D eigenvalue weighted by Gasteiger charge is -2.41. The molecule has 1 saturated carbocycles. The van der Waals surface area contributed by atoms with Crippen molar-refractivity contribution in [3.8, 4) is 0 Å². The quantitative estimate of drug-likeness (QED) is 0.621. The van der Waals surface area contributed by atoms with Crippen LogP contribution in [0.15, 0.2) is 0 Å². The topological polar surface area (TPSA) is 3.24 Å². The van der Waals surface area contributed by atoms with Gasteiger partial charge < -0.3 is 4.90 Å². The number of rotatable bonds is 0. The highest BCUT2D eigenvalue weighted by Gasteiger charge is 2.32. The molecule has 1 unspecified atom stereocenters. The average molecular weight is 313 g/mol. The predicted octanol–water partition coefficient (Wildman–Crippen LogP) is 3.08. The van der Waals surface area contributed by atoms with Crippen molar-refractivity contribution >= 4 is 32.9 Å². The van der Waals surface area contributed by atoms with Crippen molar-refractivity contribution in [2.75, 3.05) is 20.1 Å². The number of hydrogen-bond donors (Lipinski definition) is 0. The number of nitrogens with zero attached hydrogens (tertiary/aromatic N) is 1. The summed E-state index contributed by atoms with van der Waals surface area (Å²) in [6.45, 7) is 2.67. The van der Waals surface area contributed by atoms with Gasteiger partial charge in [0.1, 0.15) is 0 Å². The maximum absolute atomic E-state index is 3.75. The van der Waals surface area contributed by atoms with Crippen LogP contribution in [0.5, 0.6) is 0 Å². The second-order valence-corrected chi connectivity index (χ2v) is 5.78. The molecule has 1 aliphatic carbocycles. The predicted molar refractivity (Wildman–Crippen MR) is 66.0 cm³/mol. The first-order chi connectivity index (χ1) is 5.75. The van der Waals surface area contributed by atoms with Gasteiger partial charge in [-0.15, -0.1) is 17.0 Å². The molecule has 2 aliphatic rings. The molecule has 0 bridgehead atoms. The van der Waals surface area contributed by atoms with Crippen LogP contribution in [0.1, 0.15) is 25.7 Å². The Kier molecular flexibility index (Phi) is 4.73. The molecule has 2 fully saturated rings. The van der Waals surface area contributed by atoms with E-state index in [0.717, 1.165) is 16.7 Å². The Balaban J connectivity index is 0.000000845. The second-order valence-electron chi connectivity index (χ2n) is 4.48. The standard InChI is InChI=1S/C10H18BrN.BrH/c1-12-5-4-8-6-10(11)3-2-9(8)7-12;/h8-10H,2-7H2,1H3;1H/t8-,9?,10-;/m0./s1. The summed E-state index contributed by atoms with van der Waals surface area (Å²) in [5.74, 6) is 2.04. The maximum Gasteiger partial charge on any atom is 0.0148 e. The molecule has 3 heteroatoms. The zero-order valence-corrected chi connectivity index (χ0v) is 11.5. The molecule has 0 N–H and O–H groups in total. The van der Waals surface area contributed by atoms with Crippen LogP contribution in [0.3, 0.4) is 0 Å². The lowest BCUT2D eigenvalue weighted by Crippen LogP contribution is -2.41. The maximum atomic E-state index is 3.75. The monoisotopic (exact) mass is 311 g/mol. The van der Waals surface area contributed by atoms with E-state index < -0.39 is 0 Å². The van der Waals surface area contributed by atoms with E-state index in [2.05, 4.69) is 27.9 Å². The fraction of sp³-hybridized carbons (Fsp3) is 1.00. The van der Waals surface area contributed by atoms with E-state index in [4.69, 9.17) is 0 Å². The molecule has 1 saturated heterocycles. The highest BCUT2D eigenvalue weighted by Crippen LogP contribution is 2.38. The van der Waals surface area contributed by atoms with Crippen LogP contribution in [-0.2, 0) is 0 Å². The number of fused-ring (bicyclic) bond motifs is 1. The van der Waals surface area contributed by atoms with Gasteiger partial charge in [-0.05, 0) is 51.1 Å². The fourth-order valence-electron chi connectivity index (χ4n) is 2.74. The Morgan fingerprint density at radius 1 is 1.15 bits per heavy atom. The highest BCUT2D eigenvalue weighted by molar-refractivity contribution is 9.09. The average Bonchev–Trinajstić information content (AvgIpc) is 2.05. The Morgan fingerprint density at radius 3 is 2.69 bits per heavy atom. The molecule has 0 aromatic heterocycles. The molecular formula is C10H19Br2N. The van der Waals surface area contributed by atoms with E-state index in [1.165, 1.54) is 38.8 Å². The Bertz CT molecular complexity index is 145. The van der Waals surface area contributed by atoms with Crippen molar-refractivity contribution in [2.24, 2.45) is 11.8 Å². The molecule has 1 nitrogen and oxygen atoms in total. The van der Waals surface area contributed by atoms with E-state index >= 15 is 0 Å². The molecule has 0 aromatic rings. The molecule has 78 valence electrons. The first-order valence-electron chi connectivity index (χ1n) is 5.08. The van der Waals surface area contributed by atoms with Gasteiger partial charge in [0.25, 0.3) is 0 Å². The summed E-state index contributed by atoms with van der Waals surface area (Å²) in [5.41, 5.74) is 0. The summed E-state index contributed by atoms with van der Waals surface area (Å²) in [4.78, 5) is 3.32. The van der Waals surface area contributed by atoms with Crippen LogP contribution in [0, 0.1) is 11.8 Å². The summed E-state index contributed by atoms with van der Waals surface area (Å²) in [6.07, 6.45) is 5.71. The summed E-state index contributed by atoms with van der Waals surface area (Å²) in [5, 5.41) is 0. The lowest BCUT2D eigenvalue weighted by atomic mass is 9.75. The number of piperidine rings is 1. The van der Waals surface area contributed by atoms with Crippen molar-refractivity contribution in [2.45, 2.75) is 30.5 Å². The smallest absolute Gasteiger partial charge is 0.0148 e. The van der Waals surface area contributed by atoms with Crippen molar-refractivity contribution in [3.05, 3.63) is 0 Å². The van der Waals surface area contributed by atoms with Gasteiger partial charge in [0.05, 0.1) is 0 Å². The second kappa shape index (κ2) is 5.13. The van der Waals surface area contributed by atoms with Gasteiger partial charge >= 0.3 is 0 Å². The van der Waals surface area contributed by atoms with E-state index in [0.29, 0.717) is 0 Å². The Morgan fingerprint density at radius 2 is 1.92 bits per heavy atom. The minimum absolute atomic E-state index is 0. The molecule has 0 aromatic carbocycles. The van der Waals surface area contributed by atoms with Crippen molar-refractivity contribution < 1.29 is 0 Å². The third-order valence-electron chi connectivity index (χ3n) is 3.50. The summed E-state index contributed by atoms with van der Waals surface area (Å²) < 4.78 is 0. The Hall–Kier alpha value is 0.920. The lowest BCUT2D eigenvalue weighted by molar-refractivity contribution is 0.108. The van der Waals surface area contributed by atoms with Crippen LogP contribution in [-0.4, -0.2) is 29.9 Å². The molecule has 0 spiro atoms. The van der Waals surface area contributed by atoms with Crippen LogP contribution in [0.2, 0.25) is 0 Å². The first kappa shape index (κ1) is 12.0. The number of hydrogen-bond acceptors (Lipinski definition) is 1. The van der Waals surface area contributed by atoms with Crippen LogP contribution in [0.4, 0.5) is 0 Å².